The average Bonchev–Trinajstić information content (AvgIpc) is 3.58. The summed E-state index contributed by atoms with van der Waals surface area (Å²) in [6.45, 7) is 12.0. The van der Waals surface area contributed by atoms with E-state index in [0.29, 0.717) is 23.8 Å². The van der Waals surface area contributed by atoms with E-state index in [1.165, 1.54) is 11.6 Å². The van der Waals surface area contributed by atoms with Crippen molar-refractivity contribution in [2.45, 2.75) is 168 Å². The minimum atomic E-state index is -1.44. The van der Waals surface area contributed by atoms with E-state index in [0.717, 1.165) is 58.4 Å². The number of ketones is 1. The van der Waals surface area contributed by atoms with E-state index in [1.807, 2.05) is 13.8 Å². The molecule has 4 heterocycles. The molecule has 352 valence electrons. The average molecular weight is 900 g/mol. The minimum Gasteiger partial charge on any atom is -0.463 e. The first-order chi connectivity index (χ1) is 30.2. The molecule has 2 saturated heterocycles. The van der Waals surface area contributed by atoms with E-state index < -0.39 is 90.3 Å². The number of Topliss-reactive ketones (excluding diaryl/α,β-unsaturated/α-hetero) is 1. The number of epoxide rings is 1. The van der Waals surface area contributed by atoms with Crippen LogP contribution < -0.4 is 0 Å². The number of fused-ring (bicyclic) bond motifs is 4. The van der Waals surface area contributed by atoms with Gasteiger partial charge in [-0.2, -0.15) is 0 Å². The molecule has 3 aliphatic heterocycles. The van der Waals surface area contributed by atoms with Crippen LogP contribution in [0.4, 0.5) is 0 Å². The molecule has 4 aliphatic carbocycles. The van der Waals surface area contributed by atoms with Gasteiger partial charge in [-0.05, 0) is 81.0 Å². The molecule has 19 nitrogen and oxygen atoms in total. The summed E-state index contributed by atoms with van der Waals surface area (Å²) < 4.78 is 47.6. The molecule has 2 N–H and O–H groups in total. The third kappa shape index (κ3) is 7.65. The molecule has 0 radical (unpaired) electrons. The number of aliphatic hydroxyl groups is 2. The molecular formula is C45H61N3O16. The molecule has 1 aromatic rings. The van der Waals surface area contributed by atoms with E-state index in [4.69, 9.17) is 37.9 Å². The Bertz CT molecular complexity index is 2090. The van der Waals surface area contributed by atoms with Crippen LogP contribution in [0.3, 0.4) is 0 Å². The molecule has 1 spiro atoms. The maximum atomic E-state index is 14.7. The van der Waals surface area contributed by atoms with Crippen molar-refractivity contribution in [1.29, 1.82) is 0 Å². The number of ether oxygens (including phenoxy) is 8. The summed E-state index contributed by atoms with van der Waals surface area (Å²) in [5.74, 6) is -2.40. The summed E-state index contributed by atoms with van der Waals surface area (Å²) >= 11 is 0. The molecule has 17 atom stereocenters. The first-order valence-electron chi connectivity index (χ1n) is 22.5. The van der Waals surface area contributed by atoms with Crippen LogP contribution in [0.1, 0.15) is 112 Å². The summed E-state index contributed by atoms with van der Waals surface area (Å²) in [6, 6.07) is -0.790. The molecule has 1 aromatic heterocycles. The van der Waals surface area contributed by atoms with Gasteiger partial charge < -0.3 is 48.1 Å². The van der Waals surface area contributed by atoms with Crippen molar-refractivity contribution in [3.05, 3.63) is 23.0 Å². The lowest BCUT2D eigenvalue weighted by Gasteiger charge is -2.59. The van der Waals surface area contributed by atoms with Crippen LogP contribution in [0.2, 0.25) is 0 Å². The number of cyclic esters (lactones) is 1. The zero-order valence-electron chi connectivity index (χ0n) is 37.7. The topological polar surface area (TPSA) is 251 Å². The van der Waals surface area contributed by atoms with Crippen LogP contribution in [-0.4, -0.2) is 129 Å². The highest BCUT2D eigenvalue weighted by atomic mass is 16.7. The van der Waals surface area contributed by atoms with Gasteiger partial charge in [0.25, 0.3) is 0 Å². The molecule has 64 heavy (non-hydrogen) atoms. The summed E-state index contributed by atoms with van der Waals surface area (Å²) in [5, 5.41) is 30.6. The van der Waals surface area contributed by atoms with E-state index >= 15 is 0 Å². The smallest absolute Gasteiger partial charge is 0.336 e. The number of carbonyl (C=O) groups excluding carboxylic acids is 6. The summed E-state index contributed by atoms with van der Waals surface area (Å²) in [7, 11) is 0. The fraction of sp³-hybridized carbons (Fsp3) is 0.778. The first-order valence-corrected chi connectivity index (χ1v) is 22.5. The molecule has 0 aromatic carbocycles. The van der Waals surface area contributed by atoms with Gasteiger partial charge in [0.15, 0.2) is 24.6 Å². The second-order valence-corrected chi connectivity index (χ2v) is 19.6. The monoisotopic (exact) mass is 899 g/mol. The lowest BCUT2D eigenvalue weighted by Crippen LogP contribution is -2.67. The standard InChI is InChI=1S/C45H61N3O16/c1-20-13-33(62-41(56)28(20)17-49)21(2)29-9-10-30-27-14-36-45(64-36)40(55)32(15-35(54)44(45,8)31(27)11-12-43(29,30)7)48-16-26(46-47-48)18-58-42-39(61-25(6)53)38(60-24(5)52)37(59-23(4)51)34(63-42)19-57-22(3)50/h16,21,27,29-34,36-40,42,49,55H,9-15,17-19H2,1-8H3/t21-,27-,29+,30-,31-,32-,33+,34+,36+,37-,38-,39+,40-,42+,43+,44-,45-/m0/s1. The lowest BCUT2D eigenvalue weighted by molar-refractivity contribution is -0.310. The molecule has 19 heteroatoms. The Balaban J connectivity index is 0.969. The molecule has 0 bridgehead atoms. The van der Waals surface area contributed by atoms with Crippen molar-refractivity contribution < 1.29 is 76.9 Å². The van der Waals surface area contributed by atoms with Crippen molar-refractivity contribution in [2.75, 3.05) is 13.2 Å². The highest BCUT2D eigenvalue weighted by Crippen LogP contribution is 2.74. The zero-order chi connectivity index (χ0) is 46.2. The molecule has 8 rings (SSSR count). The highest BCUT2D eigenvalue weighted by Gasteiger charge is 2.82. The Labute approximate surface area is 371 Å². The van der Waals surface area contributed by atoms with Gasteiger partial charge >= 0.3 is 29.8 Å². The van der Waals surface area contributed by atoms with Crippen molar-refractivity contribution >= 4 is 35.6 Å². The van der Waals surface area contributed by atoms with Gasteiger partial charge in [0.05, 0.1) is 42.5 Å². The SMILES string of the molecule is CC(=O)OC[C@H]1O[C@@H](OCc2cn([C@H]3CC(=O)[C@]4(C)[C@H]5CC[C@]6(C)[C@@H]([C@H](C)[C@H]7CC(C)=C(CO)C(=O)O7)CC[C@H]6[C@@H]5C[C@H]5O[C@]54[C@H]3O)nn2)[C@H](OC(C)=O)[C@@H](OC(C)=O)[C@H]1OC(C)=O. The quantitative estimate of drug-likeness (QED) is 0.174. The molecular weight excluding hydrogens is 838 g/mol. The fourth-order valence-electron chi connectivity index (χ4n) is 13.3. The van der Waals surface area contributed by atoms with Crippen molar-refractivity contribution in [3.63, 3.8) is 0 Å². The molecule has 0 unspecified atom stereocenters. The van der Waals surface area contributed by atoms with E-state index in [-0.39, 0.29) is 66.5 Å². The van der Waals surface area contributed by atoms with Crippen LogP contribution in [0, 0.1) is 40.4 Å². The summed E-state index contributed by atoms with van der Waals surface area (Å²) in [4.78, 5) is 75.9. The second-order valence-electron chi connectivity index (χ2n) is 19.6. The van der Waals surface area contributed by atoms with Gasteiger partial charge in [-0.15, -0.1) is 5.10 Å². The van der Waals surface area contributed by atoms with Crippen molar-refractivity contribution in [2.24, 2.45) is 40.4 Å². The number of aliphatic hydroxyl groups excluding tert-OH is 2. The normalized spacial score (nSPS) is 41.6. The number of carbonyl (C=O) groups is 6. The Hall–Kier alpha value is -4.30. The van der Waals surface area contributed by atoms with Gasteiger partial charge in [0.1, 0.15) is 42.0 Å². The van der Waals surface area contributed by atoms with E-state index in [2.05, 4.69) is 24.2 Å². The number of esters is 5. The van der Waals surface area contributed by atoms with Gasteiger partial charge in [-0.1, -0.05) is 24.6 Å². The van der Waals surface area contributed by atoms with Gasteiger partial charge in [-0.25, -0.2) is 9.48 Å². The molecule has 0 amide bonds. The maximum Gasteiger partial charge on any atom is 0.336 e. The number of nitrogens with zero attached hydrogens (tertiary/aromatic N) is 3. The van der Waals surface area contributed by atoms with Crippen LogP contribution in [0.5, 0.6) is 0 Å². The number of rotatable bonds is 12. The lowest BCUT2D eigenvalue weighted by atomic mass is 9.43. The largest absolute Gasteiger partial charge is 0.463 e. The van der Waals surface area contributed by atoms with E-state index in [1.54, 1.807) is 6.20 Å². The molecule has 4 saturated carbocycles. The van der Waals surface area contributed by atoms with Gasteiger partial charge in [0, 0.05) is 40.5 Å². The number of hydrogen-bond donors (Lipinski definition) is 2. The van der Waals surface area contributed by atoms with E-state index in [9.17, 15) is 39.0 Å². The summed E-state index contributed by atoms with van der Waals surface area (Å²) in [5.41, 5.74) is -0.547. The summed E-state index contributed by atoms with van der Waals surface area (Å²) in [6.07, 6.45) is -1.91. The van der Waals surface area contributed by atoms with Gasteiger partial charge in [0.2, 0.25) is 0 Å². The van der Waals surface area contributed by atoms with Crippen LogP contribution in [0.25, 0.3) is 0 Å². The van der Waals surface area contributed by atoms with Crippen molar-refractivity contribution in [1.82, 2.24) is 15.0 Å². The molecule has 7 aliphatic rings. The predicted molar refractivity (Wildman–Crippen MR) is 216 cm³/mol. The minimum absolute atomic E-state index is 0.000590. The maximum absolute atomic E-state index is 14.7. The Kier molecular flexibility index (Phi) is 12.4. The fourth-order valence-corrected chi connectivity index (χ4v) is 13.3. The second kappa shape index (κ2) is 17.2. The number of aromatic nitrogens is 3. The molecule has 6 fully saturated rings. The Morgan fingerprint density at radius 3 is 2.28 bits per heavy atom. The Morgan fingerprint density at radius 1 is 0.938 bits per heavy atom. The highest BCUT2D eigenvalue weighted by molar-refractivity contribution is 5.90. The van der Waals surface area contributed by atoms with Crippen LogP contribution in [-0.2, 0) is 73.3 Å². The van der Waals surface area contributed by atoms with Crippen molar-refractivity contribution in [3.8, 4) is 0 Å². The first kappa shape index (κ1) is 46.2. The third-order valence-corrected chi connectivity index (χ3v) is 16.2. The predicted octanol–water partition coefficient (Wildman–Crippen LogP) is 2.62. The Morgan fingerprint density at radius 2 is 1.62 bits per heavy atom. The zero-order valence-corrected chi connectivity index (χ0v) is 37.7. The van der Waals surface area contributed by atoms with Crippen LogP contribution >= 0.6 is 0 Å². The number of hydrogen-bond acceptors (Lipinski definition) is 18. The van der Waals surface area contributed by atoms with Gasteiger partial charge in [-0.3, -0.25) is 24.0 Å². The third-order valence-electron chi connectivity index (χ3n) is 16.2. The van der Waals surface area contributed by atoms with Crippen LogP contribution in [0.15, 0.2) is 17.3 Å².